The first kappa shape index (κ1) is 21.8. The van der Waals surface area contributed by atoms with Crippen LogP contribution in [-0.4, -0.2) is 39.2 Å². The Hall–Kier alpha value is -2.50. The molecule has 9 nitrogen and oxygen atoms in total. The van der Waals surface area contributed by atoms with E-state index in [4.69, 9.17) is 8.94 Å². The first-order chi connectivity index (χ1) is 13.2. The number of halogens is 1. The molecule has 0 bridgehead atoms. The van der Waals surface area contributed by atoms with Gasteiger partial charge in [-0.1, -0.05) is 11.2 Å². The van der Waals surface area contributed by atoms with Gasteiger partial charge in [0, 0.05) is 25.7 Å². The van der Waals surface area contributed by atoms with Crippen LogP contribution in [0.2, 0.25) is 0 Å². The number of nitrogens with one attached hydrogen (secondary N) is 2. The van der Waals surface area contributed by atoms with Crippen LogP contribution >= 0.6 is 24.0 Å². The number of aromatic nitrogens is 4. The SMILES string of the molecule is CCNC(=NCc1nc(C)c(C)o1)NCCc1noc(-c2ccccn2)n1.I. The van der Waals surface area contributed by atoms with Crippen LogP contribution in [0.25, 0.3) is 11.6 Å². The third-order valence-electron chi connectivity index (χ3n) is 3.78. The first-order valence-corrected chi connectivity index (χ1v) is 8.84. The standard InChI is InChI=1S/C18H23N7O2.HI/c1-4-19-18(22-11-16-23-12(2)13(3)26-16)21-10-8-15-24-17(27-25-15)14-7-5-6-9-20-14;/h5-7,9H,4,8,10-11H2,1-3H3,(H2,19,21,22);1H. The van der Waals surface area contributed by atoms with Gasteiger partial charge in [-0.3, -0.25) is 4.98 Å². The van der Waals surface area contributed by atoms with Crippen molar-refractivity contribution in [2.24, 2.45) is 4.99 Å². The van der Waals surface area contributed by atoms with Crippen molar-refractivity contribution in [3.05, 3.63) is 47.6 Å². The second-order valence-corrected chi connectivity index (χ2v) is 5.85. The summed E-state index contributed by atoms with van der Waals surface area (Å²) in [5.41, 5.74) is 1.55. The van der Waals surface area contributed by atoms with E-state index in [0.717, 1.165) is 18.0 Å². The summed E-state index contributed by atoms with van der Waals surface area (Å²) in [6, 6.07) is 5.55. The van der Waals surface area contributed by atoms with E-state index >= 15 is 0 Å². The van der Waals surface area contributed by atoms with Crippen LogP contribution in [0, 0.1) is 13.8 Å². The van der Waals surface area contributed by atoms with E-state index in [1.807, 2.05) is 39.0 Å². The summed E-state index contributed by atoms with van der Waals surface area (Å²) < 4.78 is 10.8. The highest BCUT2D eigenvalue weighted by molar-refractivity contribution is 14.0. The predicted octanol–water partition coefficient (Wildman–Crippen LogP) is 2.65. The van der Waals surface area contributed by atoms with Crippen molar-refractivity contribution < 1.29 is 8.94 Å². The van der Waals surface area contributed by atoms with Crippen molar-refractivity contribution in [1.82, 2.24) is 30.7 Å². The van der Waals surface area contributed by atoms with Crippen LogP contribution in [0.4, 0.5) is 0 Å². The van der Waals surface area contributed by atoms with E-state index in [1.165, 1.54) is 0 Å². The summed E-state index contributed by atoms with van der Waals surface area (Å²) in [6.07, 6.45) is 2.29. The molecule has 3 heterocycles. The number of rotatable bonds is 7. The fourth-order valence-electron chi connectivity index (χ4n) is 2.34. The van der Waals surface area contributed by atoms with E-state index in [0.29, 0.717) is 48.8 Å². The lowest BCUT2D eigenvalue weighted by atomic mass is 10.3. The van der Waals surface area contributed by atoms with E-state index in [2.05, 4.69) is 35.7 Å². The molecule has 0 spiro atoms. The molecule has 10 heteroatoms. The Labute approximate surface area is 180 Å². The average molecular weight is 497 g/mol. The van der Waals surface area contributed by atoms with Gasteiger partial charge in [-0.25, -0.2) is 9.98 Å². The predicted molar refractivity (Wildman–Crippen MR) is 115 cm³/mol. The minimum absolute atomic E-state index is 0. The second-order valence-electron chi connectivity index (χ2n) is 5.85. The Bertz CT molecular complexity index is 873. The lowest BCUT2D eigenvalue weighted by Gasteiger charge is -2.09. The molecule has 3 aromatic heterocycles. The summed E-state index contributed by atoms with van der Waals surface area (Å²) in [4.78, 5) is 17.4. The summed E-state index contributed by atoms with van der Waals surface area (Å²) in [6.45, 7) is 7.55. The van der Waals surface area contributed by atoms with Crippen LogP contribution in [0.5, 0.6) is 0 Å². The summed E-state index contributed by atoms with van der Waals surface area (Å²) in [5, 5.41) is 10.4. The molecule has 3 rings (SSSR count). The van der Waals surface area contributed by atoms with Crippen molar-refractivity contribution >= 4 is 29.9 Å². The van der Waals surface area contributed by atoms with Gasteiger partial charge in [-0.2, -0.15) is 4.98 Å². The Morgan fingerprint density at radius 3 is 2.71 bits per heavy atom. The number of guanidine groups is 1. The maximum atomic E-state index is 5.55. The van der Waals surface area contributed by atoms with E-state index in [9.17, 15) is 0 Å². The Morgan fingerprint density at radius 2 is 2.04 bits per heavy atom. The number of aliphatic imine (C=N–C) groups is 1. The average Bonchev–Trinajstić information content (AvgIpc) is 3.27. The third kappa shape index (κ3) is 6.01. The van der Waals surface area contributed by atoms with Gasteiger partial charge in [0.25, 0.3) is 5.89 Å². The molecule has 150 valence electrons. The van der Waals surface area contributed by atoms with E-state index in [-0.39, 0.29) is 24.0 Å². The number of hydrogen-bond acceptors (Lipinski definition) is 7. The number of pyridine rings is 1. The van der Waals surface area contributed by atoms with Gasteiger partial charge in [-0.05, 0) is 32.9 Å². The first-order valence-electron chi connectivity index (χ1n) is 8.84. The van der Waals surface area contributed by atoms with Gasteiger partial charge in [0.05, 0.1) is 5.69 Å². The van der Waals surface area contributed by atoms with Crippen molar-refractivity contribution in [2.45, 2.75) is 33.7 Å². The number of aryl methyl sites for hydroxylation is 2. The van der Waals surface area contributed by atoms with Crippen molar-refractivity contribution in [3.8, 4) is 11.6 Å². The molecule has 0 saturated heterocycles. The summed E-state index contributed by atoms with van der Waals surface area (Å²) in [5.74, 6) is 3.12. The van der Waals surface area contributed by atoms with Gasteiger partial charge in [0.2, 0.25) is 5.89 Å². The highest BCUT2D eigenvalue weighted by atomic mass is 127. The largest absolute Gasteiger partial charge is 0.444 e. The highest BCUT2D eigenvalue weighted by Crippen LogP contribution is 2.13. The van der Waals surface area contributed by atoms with Crippen LogP contribution in [-0.2, 0) is 13.0 Å². The normalized spacial score (nSPS) is 11.2. The van der Waals surface area contributed by atoms with Gasteiger partial charge in [0.15, 0.2) is 11.8 Å². The zero-order valence-electron chi connectivity index (χ0n) is 16.1. The van der Waals surface area contributed by atoms with Crippen LogP contribution in [0.1, 0.15) is 30.1 Å². The maximum Gasteiger partial charge on any atom is 0.276 e. The molecular formula is C18H24IN7O2. The summed E-state index contributed by atoms with van der Waals surface area (Å²) in [7, 11) is 0. The van der Waals surface area contributed by atoms with E-state index < -0.39 is 0 Å². The molecule has 0 fully saturated rings. The molecule has 2 N–H and O–H groups in total. The molecule has 0 aromatic carbocycles. The van der Waals surface area contributed by atoms with Crippen LogP contribution in [0.15, 0.2) is 38.3 Å². The fraction of sp³-hybridized carbons (Fsp3) is 0.389. The number of hydrogen-bond donors (Lipinski definition) is 2. The van der Waals surface area contributed by atoms with Crippen molar-refractivity contribution in [3.63, 3.8) is 0 Å². The minimum atomic E-state index is 0. The zero-order valence-corrected chi connectivity index (χ0v) is 18.4. The molecule has 0 radical (unpaired) electrons. The fourth-order valence-corrected chi connectivity index (χ4v) is 2.34. The van der Waals surface area contributed by atoms with Crippen LogP contribution in [0.3, 0.4) is 0 Å². The van der Waals surface area contributed by atoms with Gasteiger partial charge < -0.3 is 19.6 Å². The topological polar surface area (TPSA) is 114 Å². The second kappa shape index (κ2) is 10.7. The number of oxazole rings is 1. The van der Waals surface area contributed by atoms with E-state index in [1.54, 1.807) is 6.20 Å². The molecule has 0 aliphatic rings. The Morgan fingerprint density at radius 1 is 1.18 bits per heavy atom. The molecule has 0 aliphatic carbocycles. The smallest absolute Gasteiger partial charge is 0.276 e. The maximum absolute atomic E-state index is 5.55. The van der Waals surface area contributed by atoms with Crippen molar-refractivity contribution in [1.29, 1.82) is 0 Å². The quantitative estimate of drug-likeness (QED) is 0.291. The molecular weight excluding hydrogens is 473 g/mol. The molecule has 3 aromatic rings. The third-order valence-corrected chi connectivity index (χ3v) is 3.78. The zero-order chi connectivity index (χ0) is 19.1. The monoisotopic (exact) mass is 497 g/mol. The molecule has 0 saturated carbocycles. The van der Waals surface area contributed by atoms with Gasteiger partial charge in [-0.15, -0.1) is 24.0 Å². The Balaban J connectivity index is 0.00000280. The minimum Gasteiger partial charge on any atom is -0.444 e. The molecule has 0 amide bonds. The lowest BCUT2D eigenvalue weighted by molar-refractivity contribution is 0.421. The molecule has 0 aliphatic heterocycles. The molecule has 0 unspecified atom stereocenters. The number of nitrogens with zero attached hydrogens (tertiary/aromatic N) is 5. The van der Waals surface area contributed by atoms with Gasteiger partial charge in [0.1, 0.15) is 18.0 Å². The summed E-state index contributed by atoms with van der Waals surface area (Å²) >= 11 is 0. The lowest BCUT2D eigenvalue weighted by Crippen LogP contribution is -2.38. The van der Waals surface area contributed by atoms with Gasteiger partial charge >= 0.3 is 0 Å². The highest BCUT2D eigenvalue weighted by Gasteiger charge is 2.10. The molecule has 0 atom stereocenters. The van der Waals surface area contributed by atoms with Crippen molar-refractivity contribution in [2.75, 3.05) is 13.1 Å². The molecule has 28 heavy (non-hydrogen) atoms. The van der Waals surface area contributed by atoms with Crippen LogP contribution < -0.4 is 10.6 Å². The Kier molecular flexibility index (Phi) is 8.36.